The van der Waals surface area contributed by atoms with Crippen LogP contribution < -0.4 is 11.4 Å². The molecule has 2 heterocycles. The zero-order valence-corrected chi connectivity index (χ0v) is 16.6. The smallest absolute Gasteiger partial charge is 0.246 e. The van der Waals surface area contributed by atoms with Crippen molar-refractivity contribution in [3.8, 4) is 0 Å². The van der Waals surface area contributed by atoms with Gasteiger partial charge in [-0.25, -0.2) is 23.5 Å². The van der Waals surface area contributed by atoms with Gasteiger partial charge in [0.2, 0.25) is 0 Å². The van der Waals surface area contributed by atoms with Gasteiger partial charge < -0.3 is 0 Å². The van der Waals surface area contributed by atoms with Gasteiger partial charge in [-0.15, -0.1) is 0 Å². The van der Waals surface area contributed by atoms with Crippen molar-refractivity contribution in [1.29, 1.82) is 0 Å². The van der Waals surface area contributed by atoms with E-state index in [1.165, 1.54) is 55.9 Å². The molecule has 0 aromatic carbocycles. The largest absolute Gasteiger partial charge is 0.347 e. The number of rotatable bonds is 0. The molecule has 0 N–H and O–H groups in total. The zero-order chi connectivity index (χ0) is 18.5. The minimum Gasteiger partial charge on any atom is -0.246 e. The summed E-state index contributed by atoms with van der Waals surface area (Å²) in [4.78, 5) is 26.6. The Bertz CT molecular complexity index is 991. The molecule has 10 atom stereocenters. The summed E-state index contributed by atoms with van der Waals surface area (Å²) in [6, 6.07) is 0.400. The Morgan fingerprint density at radius 3 is 1.54 bits per heavy atom. The van der Waals surface area contributed by atoms with Crippen LogP contribution >= 0.6 is 0 Å². The van der Waals surface area contributed by atoms with Gasteiger partial charge in [0.25, 0.3) is 0 Å². The van der Waals surface area contributed by atoms with Crippen molar-refractivity contribution in [2.75, 3.05) is 0 Å². The highest BCUT2D eigenvalue weighted by Crippen LogP contribution is 2.71. The second kappa shape index (κ2) is 4.62. The molecule has 5 heteroatoms. The summed E-state index contributed by atoms with van der Waals surface area (Å²) < 4.78 is 5.39. The Labute approximate surface area is 164 Å². The first kappa shape index (κ1) is 15.3. The third-order valence-electron chi connectivity index (χ3n) is 10.8. The van der Waals surface area contributed by atoms with E-state index in [2.05, 4.69) is 0 Å². The predicted molar refractivity (Wildman–Crippen MR) is 104 cm³/mol. The highest BCUT2D eigenvalue weighted by molar-refractivity contribution is 5.41. The van der Waals surface area contributed by atoms with E-state index in [0.717, 1.165) is 23.7 Å². The third kappa shape index (κ3) is 1.39. The molecule has 6 saturated carbocycles. The number of aromatic nitrogens is 3. The van der Waals surface area contributed by atoms with E-state index in [1.807, 2.05) is 9.36 Å². The Balaban J connectivity index is 1.47. The van der Waals surface area contributed by atoms with Gasteiger partial charge in [-0.2, -0.15) is 0 Å². The third-order valence-corrected chi connectivity index (χ3v) is 10.8. The standard InChI is InChI=1S/C23H29N3O2/c1-24-22(27)25-20-14-8-4-10-2-6-12(16(10)14)18(20)19-13-7-3-11-5-9-15(17(11)13)21(19)26(25)23(24)28/h10-17,20-21H,2-9H2,1H3/t10-,11+,12-,13-,14+,15+,16+,17-,20+,21+/m1/s1. The molecule has 6 fully saturated rings. The molecular weight excluding hydrogens is 350 g/mol. The summed E-state index contributed by atoms with van der Waals surface area (Å²) >= 11 is 0. The molecule has 5 nitrogen and oxygen atoms in total. The molecule has 0 amide bonds. The number of nitrogens with zero attached hydrogens (tertiary/aromatic N) is 3. The molecule has 0 bridgehead atoms. The lowest BCUT2D eigenvalue weighted by molar-refractivity contribution is 0.225. The lowest BCUT2D eigenvalue weighted by atomic mass is 9.83. The molecular formula is C23H29N3O2. The fourth-order valence-corrected chi connectivity index (χ4v) is 10.2. The van der Waals surface area contributed by atoms with E-state index in [4.69, 9.17) is 0 Å². The lowest BCUT2D eigenvalue weighted by Crippen LogP contribution is -2.41. The zero-order valence-electron chi connectivity index (χ0n) is 16.6. The van der Waals surface area contributed by atoms with Crippen LogP contribution in [-0.4, -0.2) is 13.9 Å². The Morgan fingerprint density at radius 1 is 0.643 bits per heavy atom. The van der Waals surface area contributed by atoms with Crippen LogP contribution in [0.5, 0.6) is 0 Å². The molecule has 0 radical (unpaired) electrons. The van der Waals surface area contributed by atoms with Gasteiger partial charge in [-0.05, 0) is 110 Å². The molecule has 0 spiro atoms. The lowest BCUT2D eigenvalue weighted by Gasteiger charge is -2.36. The second-order valence-electron chi connectivity index (χ2n) is 11.1. The van der Waals surface area contributed by atoms with Crippen molar-refractivity contribution >= 4 is 0 Å². The molecule has 0 unspecified atom stereocenters. The van der Waals surface area contributed by atoms with Gasteiger partial charge in [0, 0.05) is 7.05 Å². The molecule has 0 saturated heterocycles. The van der Waals surface area contributed by atoms with Gasteiger partial charge >= 0.3 is 11.4 Å². The van der Waals surface area contributed by atoms with Crippen LogP contribution in [0.25, 0.3) is 0 Å². The summed E-state index contributed by atoms with van der Waals surface area (Å²) in [5, 5.41) is 0. The van der Waals surface area contributed by atoms with E-state index in [9.17, 15) is 9.59 Å². The molecule has 7 aliphatic rings. The summed E-state index contributed by atoms with van der Waals surface area (Å²) in [6.07, 6.45) is 10.7. The van der Waals surface area contributed by atoms with Crippen molar-refractivity contribution in [1.82, 2.24) is 13.9 Å². The molecule has 28 heavy (non-hydrogen) atoms. The van der Waals surface area contributed by atoms with Crippen molar-refractivity contribution < 1.29 is 0 Å². The first-order valence-electron chi connectivity index (χ1n) is 11.8. The second-order valence-corrected chi connectivity index (χ2v) is 11.1. The highest BCUT2D eigenvalue weighted by Gasteiger charge is 2.65. The maximum Gasteiger partial charge on any atom is 0.347 e. The Kier molecular flexibility index (Phi) is 2.53. The maximum absolute atomic E-state index is 13.3. The minimum absolute atomic E-state index is 0.0541. The summed E-state index contributed by atoms with van der Waals surface area (Å²) in [5.41, 5.74) is 3.27. The van der Waals surface area contributed by atoms with Crippen LogP contribution in [0, 0.1) is 47.3 Å². The maximum atomic E-state index is 13.3. The molecule has 148 valence electrons. The summed E-state index contributed by atoms with van der Waals surface area (Å²) in [5.74, 6) is 5.98. The molecule has 1 aromatic rings. The van der Waals surface area contributed by atoms with Crippen molar-refractivity contribution in [3.05, 3.63) is 32.1 Å². The molecule has 8 rings (SSSR count). The fourth-order valence-electron chi connectivity index (χ4n) is 10.2. The van der Waals surface area contributed by atoms with E-state index < -0.39 is 0 Å². The van der Waals surface area contributed by atoms with Crippen LogP contribution in [0.3, 0.4) is 0 Å². The van der Waals surface area contributed by atoms with Crippen molar-refractivity contribution in [3.63, 3.8) is 0 Å². The Morgan fingerprint density at radius 2 is 1.07 bits per heavy atom. The van der Waals surface area contributed by atoms with Crippen molar-refractivity contribution in [2.24, 2.45) is 54.4 Å². The quantitative estimate of drug-likeness (QED) is 0.651. The van der Waals surface area contributed by atoms with Gasteiger partial charge in [-0.3, -0.25) is 0 Å². The average molecular weight is 380 g/mol. The average Bonchev–Trinajstić information content (AvgIpc) is 3.46. The van der Waals surface area contributed by atoms with E-state index in [0.29, 0.717) is 23.7 Å². The van der Waals surface area contributed by atoms with Crippen LogP contribution in [0.2, 0.25) is 0 Å². The molecule has 1 aromatic heterocycles. The van der Waals surface area contributed by atoms with E-state index in [1.54, 1.807) is 18.2 Å². The van der Waals surface area contributed by atoms with Gasteiger partial charge in [0.15, 0.2) is 0 Å². The number of fused-ring (bicyclic) bond motifs is 9. The monoisotopic (exact) mass is 379 g/mol. The van der Waals surface area contributed by atoms with E-state index >= 15 is 0 Å². The SMILES string of the molecule is Cn1c(=O)n2n(c1=O)[C@@H]1C(=C3[C@@H]2[C@H]2CC[C@H]4CC[C@@H]3[C@H]42)[C@@H]2CC[C@H]3CC[C@H]1[C@H]32. The minimum atomic E-state index is -0.0541. The van der Waals surface area contributed by atoms with Gasteiger partial charge in [0.1, 0.15) is 0 Å². The highest BCUT2D eigenvalue weighted by atomic mass is 16.2. The van der Waals surface area contributed by atoms with Gasteiger partial charge in [-0.1, -0.05) is 0 Å². The number of hydrogen-bond acceptors (Lipinski definition) is 2. The summed E-state index contributed by atoms with van der Waals surface area (Å²) in [7, 11) is 1.70. The van der Waals surface area contributed by atoms with Crippen LogP contribution in [0.1, 0.15) is 63.5 Å². The van der Waals surface area contributed by atoms with Crippen LogP contribution in [0.4, 0.5) is 0 Å². The Hall–Kier alpha value is -1.52. The first-order chi connectivity index (χ1) is 13.7. The number of hydrogen-bond donors (Lipinski definition) is 0. The number of allylic oxidation sites excluding steroid dienone is 2. The topological polar surface area (TPSA) is 48.9 Å². The van der Waals surface area contributed by atoms with Crippen molar-refractivity contribution in [2.45, 2.75) is 63.5 Å². The van der Waals surface area contributed by atoms with E-state index in [-0.39, 0.29) is 23.5 Å². The van der Waals surface area contributed by atoms with Crippen LogP contribution in [0.15, 0.2) is 20.7 Å². The summed E-state index contributed by atoms with van der Waals surface area (Å²) in [6.45, 7) is 0. The first-order valence-corrected chi connectivity index (χ1v) is 11.8. The molecule has 6 aliphatic carbocycles. The normalized spacial score (nSPS) is 51.5. The van der Waals surface area contributed by atoms with Gasteiger partial charge in [0.05, 0.1) is 12.1 Å². The molecule has 1 aliphatic heterocycles. The predicted octanol–water partition coefficient (Wildman–Crippen LogP) is 2.87. The van der Waals surface area contributed by atoms with Crippen LogP contribution in [-0.2, 0) is 7.05 Å². The fraction of sp³-hybridized carbons (Fsp3) is 0.826.